The number of nitrogens with one attached hydrogen (secondary N) is 1. The number of fused-ring (bicyclic) bond motifs is 1. The molecule has 1 N–H and O–H groups in total. The number of thiophene rings is 1. The highest BCUT2D eigenvalue weighted by atomic mass is 32.2. The summed E-state index contributed by atoms with van der Waals surface area (Å²) in [6.45, 7) is 2.03. The van der Waals surface area contributed by atoms with Crippen LogP contribution in [0, 0.1) is 6.92 Å². The van der Waals surface area contributed by atoms with E-state index in [0.29, 0.717) is 16.4 Å². The molecule has 0 aliphatic heterocycles. The van der Waals surface area contributed by atoms with E-state index in [1.54, 1.807) is 6.20 Å². The number of H-pyrrole nitrogens is 1. The summed E-state index contributed by atoms with van der Waals surface area (Å²) in [6, 6.07) is 7.98. The van der Waals surface area contributed by atoms with Crippen LogP contribution >= 0.6 is 23.1 Å². The highest BCUT2D eigenvalue weighted by Gasteiger charge is 2.25. The minimum atomic E-state index is -0.632. The number of rotatable bonds is 7. The van der Waals surface area contributed by atoms with Crippen molar-refractivity contribution >= 4 is 45.3 Å². The molecule has 4 aromatic rings. The number of carbonyl (C=O) groups is 2. The monoisotopic (exact) mass is 484 g/mol. The highest BCUT2D eigenvalue weighted by Crippen LogP contribution is 2.30. The average Bonchev–Trinajstić information content (AvgIpc) is 3.42. The van der Waals surface area contributed by atoms with Gasteiger partial charge in [0.1, 0.15) is 15.5 Å². The fraction of sp³-hybridized carbons (Fsp3) is 0.227. The van der Waals surface area contributed by atoms with Crippen LogP contribution < -0.4 is 5.56 Å². The van der Waals surface area contributed by atoms with E-state index in [2.05, 4.69) is 15.0 Å². The summed E-state index contributed by atoms with van der Waals surface area (Å²) < 4.78 is 11.5. The zero-order valence-electron chi connectivity index (χ0n) is 18.1. The molecule has 3 heterocycles. The standard InChI is InChI=1S/C22H20N4O5S2/c1-12-6-4-5-7-14(12)26-9-8-23-22(26)32-11-15-24-19(28)17-13(10-16(27)30-2)18(21(29)31-3)33-20(17)25-15/h4-9H,10-11H2,1-3H3,(H,24,25,28). The van der Waals surface area contributed by atoms with E-state index in [1.165, 1.54) is 26.0 Å². The number of para-hydroxylation sites is 1. The lowest BCUT2D eigenvalue weighted by Gasteiger charge is -2.10. The van der Waals surface area contributed by atoms with Gasteiger partial charge in [-0.05, 0) is 18.6 Å². The number of aromatic nitrogens is 4. The minimum absolute atomic E-state index is 0.163. The Hall–Kier alpha value is -3.44. The van der Waals surface area contributed by atoms with Gasteiger partial charge in [-0.25, -0.2) is 14.8 Å². The molecule has 0 aliphatic rings. The fourth-order valence-corrected chi connectivity index (χ4v) is 5.33. The first-order chi connectivity index (χ1) is 15.9. The molecule has 0 saturated carbocycles. The number of aryl methyl sites for hydroxylation is 1. The molecule has 0 unspecified atom stereocenters. The van der Waals surface area contributed by atoms with Crippen molar-refractivity contribution in [1.82, 2.24) is 19.5 Å². The maximum atomic E-state index is 12.9. The molecule has 33 heavy (non-hydrogen) atoms. The van der Waals surface area contributed by atoms with E-state index in [1.807, 2.05) is 42.0 Å². The topological polar surface area (TPSA) is 116 Å². The quantitative estimate of drug-likeness (QED) is 0.314. The second kappa shape index (κ2) is 9.59. The Morgan fingerprint density at radius 3 is 2.73 bits per heavy atom. The molecular weight excluding hydrogens is 464 g/mol. The molecule has 170 valence electrons. The number of hydrogen-bond donors (Lipinski definition) is 1. The lowest BCUT2D eigenvalue weighted by atomic mass is 10.1. The maximum absolute atomic E-state index is 12.9. The molecule has 11 heteroatoms. The van der Waals surface area contributed by atoms with Gasteiger partial charge in [0.15, 0.2) is 5.16 Å². The third kappa shape index (κ3) is 4.55. The molecule has 0 atom stereocenters. The zero-order valence-corrected chi connectivity index (χ0v) is 19.7. The average molecular weight is 485 g/mol. The van der Waals surface area contributed by atoms with Crippen LogP contribution in [0.15, 0.2) is 46.6 Å². The van der Waals surface area contributed by atoms with Gasteiger partial charge in [-0.1, -0.05) is 30.0 Å². The molecule has 4 rings (SSSR count). The molecule has 0 amide bonds. The van der Waals surface area contributed by atoms with Crippen LogP contribution in [0.5, 0.6) is 0 Å². The Labute approximate surface area is 196 Å². The first-order valence-corrected chi connectivity index (χ1v) is 11.6. The van der Waals surface area contributed by atoms with Gasteiger partial charge in [0.05, 0.1) is 37.5 Å². The van der Waals surface area contributed by atoms with Crippen molar-refractivity contribution in [2.75, 3.05) is 14.2 Å². The summed E-state index contributed by atoms with van der Waals surface area (Å²) in [6.07, 6.45) is 3.37. The third-order valence-electron chi connectivity index (χ3n) is 4.95. The van der Waals surface area contributed by atoms with Crippen molar-refractivity contribution in [2.45, 2.75) is 24.3 Å². The molecule has 0 aliphatic carbocycles. The normalized spacial score (nSPS) is 11.0. The van der Waals surface area contributed by atoms with E-state index in [-0.39, 0.29) is 22.2 Å². The maximum Gasteiger partial charge on any atom is 0.348 e. The van der Waals surface area contributed by atoms with Crippen molar-refractivity contribution in [2.24, 2.45) is 0 Å². The van der Waals surface area contributed by atoms with Crippen LogP contribution in [0.3, 0.4) is 0 Å². The number of thioether (sulfide) groups is 1. The van der Waals surface area contributed by atoms with Gasteiger partial charge >= 0.3 is 11.9 Å². The molecule has 0 spiro atoms. The van der Waals surface area contributed by atoms with Crippen LogP contribution in [0.2, 0.25) is 0 Å². The number of hydrogen-bond acceptors (Lipinski definition) is 9. The molecule has 0 radical (unpaired) electrons. The van der Waals surface area contributed by atoms with Crippen molar-refractivity contribution in [3.8, 4) is 5.69 Å². The summed E-state index contributed by atoms with van der Waals surface area (Å²) in [5, 5.41) is 0.945. The molecule has 0 bridgehead atoms. The molecule has 0 fully saturated rings. The van der Waals surface area contributed by atoms with Gasteiger partial charge in [-0.15, -0.1) is 11.3 Å². The second-order valence-corrected chi connectivity index (χ2v) is 8.94. The van der Waals surface area contributed by atoms with Crippen LogP contribution in [0.4, 0.5) is 0 Å². The van der Waals surface area contributed by atoms with E-state index >= 15 is 0 Å². The van der Waals surface area contributed by atoms with Crippen molar-refractivity contribution in [3.63, 3.8) is 0 Å². The molecular formula is C22H20N4O5S2. The Kier molecular flexibility index (Phi) is 6.61. The Bertz CT molecular complexity index is 1410. The van der Waals surface area contributed by atoms with Gasteiger partial charge in [0.25, 0.3) is 5.56 Å². The number of ether oxygens (including phenoxy) is 2. The SMILES string of the molecule is COC(=O)Cc1c(C(=O)OC)sc2nc(CSc3nccn3-c3ccccc3C)[nH]c(=O)c12. The zero-order chi connectivity index (χ0) is 23.5. The summed E-state index contributed by atoms with van der Waals surface area (Å²) in [4.78, 5) is 49.2. The smallest absolute Gasteiger partial charge is 0.348 e. The first-order valence-electron chi connectivity index (χ1n) is 9.84. The molecule has 0 saturated heterocycles. The largest absolute Gasteiger partial charge is 0.469 e. The fourth-order valence-electron chi connectivity index (χ4n) is 3.37. The molecule has 3 aromatic heterocycles. The van der Waals surface area contributed by atoms with Crippen LogP contribution in [-0.2, 0) is 26.4 Å². The number of aromatic amines is 1. The highest BCUT2D eigenvalue weighted by molar-refractivity contribution is 7.98. The Balaban J connectivity index is 1.67. The van der Waals surface area contributed by atoms with Crippen LogP contribution in [0.25, 0.3) is 15.9 Å². The van der Waals surface area contributed by atoms with Crippen LogP contribution in [-0.4, -0.2) is 45.7 Å². The van der Waals surface area contributed by atoms with Gasteiger partial charge < -0.3 is 14.5 Å². The number of carbonyl (C=O) groups excluding carboxylic acids is 2. The summed E-state index contributed by atoms with van der Waals surface area (Å²) in [5.74, 6) is -0.417. The second-order valence-electron chi connectivity index (χ2n) is 7.00. The summed E-state index contributed by atoms with van der Waals surface area (Å²) >= 11 is 2.44. The number of imidazole rings is 1. The van der Waals surface area contributed by atoms with E-state index in [4.69, 9.17) is 9.47 Å². The lowest BCUT2D eigenvalue weighted by Crippen LogP contribution is -2.15. The van der Waals surface area contributed by atoms with Crippen molar-refractivity contribution in [1.29, 1.82) is 0 Å². The molecule has 1 aromatic carbocycles. The summed E-state index contributed by atoms with van der Waals surface area (Å²) in [7, 11) is 2.48. The van der Waals surface area contributed by atoms with Crippen LogP contribution in [0.1, 0.15) is 26.6 Å². The van der Waals surface area contributed by atoms with E-state index < -0.39 is 17.5 Å². The number of benzene rings is 1. The predicted octanol–water partition coefficient (Wildman–Crippen LogP) is 3.27. The number of esters is 2. The number of nitrogens with zero attached hydrogens (tertiary/aromatic N) is 3. The third-order valence-corrected chi connectivity index (χ3v) is 7.03. The minimum Gasteiger partial charge on any atom is -0.469 e. The van der Waals surface area contributed by atoms with Gasteiger partial charge in [-0.3, -0.25) is 14.2 Å². The van der Waals surface area contributed by atoms with Gasteiger partial charge in [0.2, 0.25) is 0 Å². The Morgan fingerprint density at radius 1 is 1.21 bits per heavy atom. The predicted molar refractivity (Wildman–Crippen MR) is 125 cm³/mol. The van der Waals surface area contributed by atoms with E-state index in [0.717, 1.165) is 27.7 Å². The number of methoxy groups -OCH3 is 2. The Morgan fingerprint density at radius 2 is 2.00 bits per heavy atom. The van der Waals surface area contributed by atoms with Gasteiger partial charge in [0, 0.05) is 18.0 Å². The first kappa shape index (κ1) is 22.7. The lowest BCUT2D eigenvalue weighted by molar-refractivity contribution is -0.139. The van der Waals surface area contributed by atoms with E-state index in [9.17, 15) is 14.4 Å². The summed E-state index contributed by atoms with van der Waals surface area (Å²) in [5.41, 5.74) is 1.96. The van der Waals surface area contributed by atoms with Gasteiger partial charge in [-0.2, -0.15) is 0 Å². The molecule has 9 nitrogen and oxygen atoms in total. The van der Waals surface area contributed by atoms with Crippen molar-refractivity contribution < 1.29 is 19.1 Å². The van der Waals surface area contributed by atoms with Crippen molar-refractivity contribution in [3.05, 3.63) is 68.8 Å².